The number of unbranched alkanes of at least 4 members (excludes halogenated alkanes) is 2. The van der Waals surface area contributed by atoms with E-state index < -0.39 is 62.8 Å². The van der Waals surface area contributed by atoms with Crippen molar-refractivity contribution in [2.45, 2.75) is 133 Å². The monoisotopic (exact) mass is 890 g/mol. The third-order valence-electron chi connectivity index (χ3n) is 13.4. The van der Waals surface area contributed by atoms with Gasteiger partial charge >= 0.3 is 12.4 Å². The predicted octanol–water partition coefficient (Wildman–Crippen LogP) is 12.3. The molecule has 0 bridgehead atoms. The molecule has 1 aliphatic heterocycles. The Balaban J connectivity index is 0.000000235. The molecule has 1 heterocycles. The van der Waals surface area contributed by atoms with Crippen molar-refractivity contribution in [3.8, 4) is 11.5 Å². The minimum atomic E-state index is -4.56. The Bertz CT molecular complexity index is 2240. The zero-order valence-electron chi connectivity index (χ0n) is 36.4. The number of aliphatic hydroxyl groups excluding tert-OH is 2. The molecule has 340 valence electrons. The topological polar surface area (TPSA) is 93.1 Å². The predicted molar refractivity (Wildman–Crippen MR) is 229 cm³/mol. The van der Waals surface area contributed by atoms with Crippen LogP contribution in [0.15, 0.2) is 89.8 Å². The van der Waals surface area contributed by atoms with E-state index in [1.807, 2.05) is 32.0 Å². The average molecular weight is 891 g/mol. The molecule has 0 unspecified atom stereocenters. The van der Waals surface area contributed by atoms with Crippen LogP contribution in [0.4, 0.5) is 26.3 Å². The number of hydrogen-bond acceptors (Lipinski definition) is 6. The van der Waals surface area contributed by atoms with Crippen LogP contribution in [0.2, 0.25) is 0 Å². The number of benzene rings is 4. The first-order valence-electron chi connectivity index (χ1n) is 21.5. The molecule has 4 aromatic rings. The summed E-state index contributed by atoms with van der Waals surface area (Å²) in [5, 5.41) is 23.4. The van der Waals surface area contributed by atoms with Gasteiger partial charge in [0.2, 0.25) is 0 Å². The molecule has 0 aromatic heterocycles. The number of aliphatic hydroxyl groups is 2. The van der Waals surface area contributed by atoms with Crippen LogP contribution in [0.3, 0.4) is 0 Å². The lowest BCUT2D eigenvalue weighted by Gasteiger charge is -2.40. The largest absolute Gasteiger partial charge is 0.497 e. The smallest absolute Gasteiger partial charge is 0.416 e. The summed E-state index contributed by atoms with van der Waals surface area (Å²) < 4.78 is 118. The quantitative estimate of drug-likeness (QED) is 0.109. The molecule has 0 amide bonds. The number of aryl methyl sites for hydroxylation is 1. The van der Waals surface area contributed by atoms with Gasteiger partial charge < -0.3 is 19.7 Å². The fraction of sp³-hybridized carbons (Fsp3) is 0.510. The van der Waals surface area contributed by atoms with Crippen LogP contribution in [0.25, 0.3) is 0 Å². The Kier molecular flexibility index (Phi) is 15.6. The van der Waals surface area contributed by atoms with Crippen LogP contribution in [-0.4, -0.2) is 50.8 Å². The van der Waals surface area contributed by atoms with Crippen molar-refractivity contribution >= 4 is 9.84 Å². The van der Waals surface area contributed by atoms with Gasteiger partial charge in [0.1, 0.15) is 11.5 Å². The third kappa shape index (κ3) is 10.3. The van der Waals surface area contributed by atoms with E-state index >= 15 is 0 Å². The van der Waals surface area contributed by atoms with E-state index in [4.69, 9.17) is 9.47 Å². The summed E-state index contributed by atoms with van der Waals surface area (Å²) in [4.78, 5) is 0.0339. The molecular weight excluding hydrogens is 831 g/mol. The summed E-state index contributed by atoms with van der Waals surface area (Å²) in [7, 11) is -0.798. The van der Waals surface area contributed by atoms with Gasteiger partial charge in [-0.1, -0.05) is 95.8 Å². The molecule has 2 aliphatic rings. The highest BCUT2D eigenvalue weighted by molar-refractivity contribution is 7.91. The molecule has 4 aromatic carbocycles. The van der Waals surface area contributed by atoms with Gasteiger partial charge in [0, 0.05) is 17.3 Å². The molecule has 6 rings (SSSR count). The molecule has 1 aliphatic carbocycles. The van der Waals surface area contributed by atoms with Gasteiger partial charge in [0.25, 0.3) is 0 Å². The Labute approximate surface area is 362 Å². The summed E-state index contributed by atoms with van der Waals surface area (Å²) in [6, 6.07) is 20.5. The second kappa shape index (κ2) is 19.8. The number of methoxy groups -OCH3 is 2. The first kappa shape index (κ1) is 49.0. The minimum Gasteiger partial charge on any atom is -0.497 e. The maximum atomic E-state index is 13.5. The SMILES string of the molecule is CCCC[C@]1(CC)CCc2ccc(OC)cc2[C@@H](c2cccc(C(F)(F)F)c2)[C@H]1O.CCCC[C@]1(CC)CS(=O)(=O)c2ccc(OC)cc2[C@H](c2cccc(C(F)(F)F)c2)[C@@H]1O. The van der Waals surface area contributed by atoms with Gasteiger partial charge in [-0.2, -0.15) is 26.3 Å². The van der Waals surface area contributed by atoms with E-state index in [9.17, 15) is 45.0 Å². The van der Waals surface area contributed by atoms with Crippen LogP contribution in [0, 0.1) is 10.8 Å². The first-order valence-corrected chi connectivity index (χ1v) is 23.2. The van der Waals surface area contributed by atoms with Gasteiger partial charge in [-0.25, -0.2) is 8.42 Å². The fourth-order valence-corrected chi connectivity index (χ4v) is 11.9. The molecule has 0 saturated heterocycles. The Hall–Kier alpha value is -4.07. The normalized spacial score (nSPS) is 24.7. The van der Waals surface area contributed by atoms with Crippen LogP contribution in [0.5, 0.6) is 11.5 Å². The fourth-order valence-electron chi connectivity index (χ4n) is 9.66. The molecule has 0 fully saturated rings. The maximum absolute atomic E-state index is 13.5. The average Bonchev–Trinajstić information content (AvgIpc) is 3.41. The molecule has 6 atom stereocenters. The van der Waals surface area contributed by atoms with E-state index in [2.05, 4.69) is 13.8 Å². The standard InChI is InChI=1S/C25H31F3O2.C24H29F3O4S/c1-4-6-13-24(5-2)14-12-17-10-11-20(30-3)16-21(17)22(23(24)29)18-8-7-9-19(15-18)25(26,27)28;1-4-6-12-23(5-2)15-32(29,30)20-11-10-18(31-3)14-19(20)21(22(23)28)16-8-7-9-17(13-16)24(25,26)27/h7-11,15-16,22-23,29H,4-6,12-14H2,1-3H3;7-11,13-14,21-22,28H,4-6,12,15H2,1-3H3/t22-,23-,24-;21-,22-,23+/m10/s1. The van der Waals surface area contributed by atoms with Crippen molar-refractivity contribution in [1.82, 2.24) is 0 Å². The van der Waals surface area contributed by atoms with Crippen LogP contribution < -0.4 is 9.47 Å². The molecule has 62 heavy (non-hydrogen) atoms. The zero-order chi connectivity index (χ0) is 45.7. The highest BCUT2D eigenvalue weighted by Crippen LogP contribution is 2.52. The number of sulfone groups is 1. The summed E-state index contributed by atoms with van der Waals surface area (Å²) >= 11 is 0. The summed E-state index contributed by atoms with van der Waals surface area (Å²) in [5.41, 5.74) is 0.101. The first-order chi connectivity index (χ1) is 29.2. The van der Waals surface area contributed by atoms with Crippen molar-refractivity contribution in [1.29, 1.82) is 0 Å². The van der Waals surface area contributed by atoms with Crippen molar-refractivity contribution in [2.24, 2.45) is 10.8 Å². The molecular formula is C49H60F6O6S. The summed E-state index contributed by atoms with van der Waals surface area (Å²) in [5.74, 6) is -0.712. The van der Waals surface area contributed by atoms with E-state index in [1.165, 1.54) is 49.6 Å². The summed E-state index contributed by atoms with van der Waals surface area (Å²) in [6.45, 7) is 8.01. The van der Waals surface area contributed by atoms with Gasteiger partial charge in [0.15, 0.2) is 9.84 Å². The number of fused-ring (bicyclic) bond motifs is 2. The van der Waals surface area contributed by atoms with Crippen molar-refractivity contribution in [3.05, 3.63) is 124 Å². The lowest BCUT2D eigenvalue weighted by Crippen LogP contribution is -2.42. The highest BCUT2D eigenvalue weighted by Gasteiger charge is 2.50. The van der Waals surface area contributed by atoms with E-state index in [-0.39, 0.29) is 27.2 Å². The summed E-state index contributed by atoms with van der Waals surface area (Å²) in [6.07, 6.45) is -3.32. The van der Waals surface area contributed by atoms with Crippen molar-refractivity contribution in [2.75, 3.05) is 20.0 Å². The van der Waals surface area contributed by atoms with Gasteiger partial charge in [-0.3, -0.25) is 0 Å². The molecule has 0 radical (unpaired) electrons. The molecule has 0 spiro atoms. The van der Waals surface area contributed by atoms with Gasteiger partial charge in [-0.05, 0) is 114 Å². The number of halogens is 6. The third-order valence-corrected chi connectivity index (χ3v) is 15.4. The van der Waals surface area contributed by atoms with E-state index in [0.717, 1.165) is 74.3 Å². The van der Waals surface area contributed by atoms with E-state index in [0.29, 0.717) is 36.3 Å². The molecule has 13 heteroatoms. The van der Waals surface area contributed by atoms with Crippen molar-refractivity contribution < 1.29 is 54.4 Å². The van der Waals surface area contributed by atoms with Crippen molar-refractivity contribution in [3.63, 3.8) is 0 Å². The van der Waals surface area contributed by atoms with Crippen LogP contribution in [0.1, 0.15) is 136 Å². The highest BCUT2D eigenvalue weighted by atomic mass is 32.2. The second-order valence-electron chi connectivity index (χ2n) is 17.0. The van der Waals surface area contributed by atoms with Gasteiger partial charge in [-0.15, -0.1) is 0 Å². The molecule has 0 saturated carbocycles. The lowest BCUT2D eigenvalue weighted by atomic mass is 9.67. The maximum Gasteiger partial charge on any atom is 0.416 e. The zero-order valence-corrected chi connectivity index (χ0v) is 37.2. The van der Waals surface area contributed by atoms with E-state index in [1.54, 1.807) is 13.2 Å². The number of rotatable bonds is 12. The Morgan fingerprint density at radius 2 is 1.11 bits per heavy atom. The Morgan fingerprint density at radius 1 is 0.645 bits per heavy atom. The number of ether oxygens (including phenoxy) is 2. The minimum absolute atomic E-state index is 0.0339. The lowest BCUT2D eigenvalue weighted by molar-refractivity contribution is -0.138. The van der Waals surface area contributed by atoms with Crippen LogP contribution >= 0.6 is 0 Å². The van der Waals surface area contributed by atoms with Crippen LogP contribution in [-0.2, 0) is 28.6 Å². The number of alkyl halides is 6. The van der Waals surface area contributed by atoms with Gasteiger partial charge in [0.05, 0.1) is 48.2 Å². The molecule has 6 nitrogen and oxygen atoms in total. The number of hydrogen-bond donors (Lipinski definition) is 2. The molecule has 2 N–H and O–H groups in total. The second-order valence-corrected chi connectivity index (χ2v) is 18.9. The Morgan fingerprint density at radius 3 is 1.60 bits per heavy atom.